The second-order valence-electron chi connectivity index (χ2n) is 3.96. The van der Waals surface area contributed by atoms with Crippen molar-refractivity contribution in [1.29, 1.82) is 0 Å². The van der Waals surface area contributed by atoms with E-state index in [-0.39, 0.29) is 18.6 Å². The highest BCUT2D eigenvalue weighted by Crippen LogP contribution is 2.06. The molecule has 1 amide bonds. The molecule has 0 heterocycles. The van der Waals surface area contributed by atoms with Crippen LogP contribution in [0.1, 0.15) is 19.4 Å². The Bertz CT molecular complexity index is 333. The third-order valence-electron chi connectivity index (χ3n) is 1.93. The average molecular weight is 222 g/mol. The topological polar surface area (TPSA) is 64.3 Å². The number of rotatable bonds is 5. The first-order chi connectivity index (χ1) is 7.58. The summed E-state index contributed by atoms with van der Waals surface area (Å²) in [6.45, 7) is 4.34. The third kappa shape index (κ3) is 4.79. The molecule has 0 saturated heterocycles. The number of nitrogens with one attached hydrogen (secondary N) is 1. The second-order valence-corrected chi connectivity index (χ2v) is 3.96. The molecule has 0 radical (unpaired) electrons. The number of benzene rings is 1. The molecule has 0 saturated carbocycles. The molecule has 0 aromatic heterocycles. The fourth-order valence-corrected chi connectivity index (χ4v) is 1.24. The summed E-state index contributed by atoms with van der Waals surface area (Å²) in [4.78, 5) is 11.2. The van der Waals surface area contributed by atoms with Crippen LogP contribution in [0.3, 0.4) is 0 Å². The van der Waals surface area contributed by atoms with Crippen LogP contribution >= 0.6 is 0 Å². The standard InChI is InChI=1S/C12H18N2O2/c1-9(2)14-12(15)8-16-7-10-3-5-11(13)6-4-10/h3-6,9H,7-8,13H2,1-2H3,(H,14,15). The van der Waals surface area contributed by atoms with Crippen molar-refractivity contribution >= 4 is 11.6 Å². The molecule has 1 aromatic rings. The van der Waals surface area contributed by atoms with Gasteiger partial charge in [0.2, 0.25) is 5.91 Å². The summed E-state index contributed by atoms with van der Waals surface area (Å²) in [6, 6.07) is 7.54. The van der Waals surface area contributed by atoms with Gasteiger partial charge in [-0.1, -0.05) is 12.1 Å². The molecule has 0 aliphatic carbocycles. The molecule has 0 atom stereocenters. The number of carbonyl (C=O) groups is 1. The Morgan fingerprint density at radius 1 is 1.38 bits per heavy atom. The Kier molecular flexibility index (Phi) is 4.79. The average Bonchev–Trinajstić information content (AvgIpc) is 2.20. The van der Waals surface area contributed by atoms with Crippen LogP contribution in [-0.2, 0) is 16.1 Å². The van der Waals surface area contributed by atoms with Crippen LogP contribution in [-0.4, -0.2) is 18.6 Å². The zero-order valence-electron chi connectivity index (χ0n) is 9.69. The van der Waals surface area contributed by atoms with Gasteiger partial charge in [-0.2, -0.15) is 0 Å². The van der Waals surface area contributed by atoms with Gasteiger partial charge in [0, 0.05) is 11.7 Å². The quantitative estimate of drug-likeness (QED) is 0.738. The van der Waals surface area contributed by atoms with Gasteiger partial charge in [-0.3, -0.25) is 4.79 Å². The van der Waals surface area contributed by atoms with Crippen molar-refractivity contribution in [2.24, 2.45) is 0 Å². The summed E-state index contributed by atoms with van der Waals surface area (Å²) in [5.74, 6) is -0.0922. The molecule has 1 rings (SSSR count). The van der Waals surface area contributed by atoms with Crippen molar-refractivity contribution in [1.82, 2.24) is 5.32 Å². The molecule has 0 spiro atoms. The predicted octanol–water partition coefficient (Wildman–Crippen LogP) is 1.31. The molecular weight excluding hydrogens is 204 g/mol. The Labute approximate surface area is 95.8 Å². The molecule has 3 N–H and O–H groups in total. The van der Waals surface area contributed by atoms with Crippen LogP contribution in [0.25, 0.3) is 0 Å². The van der Waals surface area contributed by atoms with Crippen LogP contribution in [0.2, 0.25) is 0 Å². The maximum absolute atomic E-state index is 11.2. The molecule has 88 valence electrons. The minimum atomic E-state index is -0.0922. The minimum absolute atomic E-state index is 0.0859. The first-order valence-corrected chi connectivity index (χ1v) is 5.29. The summed E-state index contributed by atoms with van der Waals surface area (Å²) >= 11 is 0. The van der Waals surface area contributed by atoms with Crippen molar-refractivity contribution in [3.63, 3.8) is 0 Å². The van der Waals surface area contributed by atoms with Gasteiger partial charge in [0.15, 0.2) is 0 Å². The van der Waals surface area contributed by atoms with Crippen molar-refractivity contribution in [2.45, 2.75) is 26.5 Å². The van der Waals surface area contributed by atoms with E-state index in [0.29, 0.717) is 6.61 Å². The summed E-state index contributed by atoms with van der Waals surface area (Å²) in [5, 5.41) is 2.75. The first-order valence-electron chi connectivity index (χ1n) is 5.29. The highest BCUT2D eigenvalue weighted by atomic mass is 16.5. The smallest absolute Gasteiger partial charge is 0.246 e. The maximum Gasteiger partial charge on any atom is 0.246 e. The SMILES string of the molecule is CC(C)NC(=O)COCc1ccc(N)cc1. The zero-order chi connectivity index (χ0) is 12.0. The number of ether oxygens (including phenoxy) is 1. The molecule has 0 unspecified atom stereocenters. The van der Waals surface area contributed by atoms with Crippen molar-refractivity contribution < 1.29 is 9.53 Å². The van der Waals surface area contributed by atoms with Crippen molar-refractivity contribution in [2.75, 3.05) is 12.3 Å². The zero-order valence-corrected chi connectivity index (χ0v) is 9.69. The van der Waals surface area contributed by atoms with Gasteiger partial charge in [0.05, 0.1) is 6.61 Å². The van der Waals surface area contributed by atoms with Gasteiger partial charge in [-0.25, -0.2) is 0 Å². The van der Waals surface area contributed by atoms with Crippen LogP contribution in [0.15, 0.2) is 24.3 Å². The Hall–Kier alpha value is -1.55. The van der Waals surface area contributed by atoms with Crippen molar-refractivity contribution in [3.8, 4) is 0 Å². The minimum Gasteiger partial charge on any atom is -0.399 e. The number of anilines is 1. The van der Waals surface area contributed by atoms with E-state index in [1.807, 2.05) is 38.1 Å². The predicted molar refractivity (Wildman–Crippen MR) is 63.8 cm³/mol. The van der Waals surface area contributed by atoms with E-state index in [4.69, 9.17) is 10.5 Å². The van der Waals surface area contributed by atoms with E-state index in [1.165, 1.54) is 0 Å². The number of carbonyl (C=O) groups excluding carboxylic acids is 1. The lowest BCUT2D eigenvalue weighted by Gasteiger charge is -2.08. The van der Waals surface area contributed by atoms with E-state index in [9.17, 15) is 4.79 Å². The summed E-state index contributed by atoms with van der Waals surface area (Å²) in [7, 11) is 0. The van der Waals surface area contributed by atoms with E-state index < -0.39 is 0 Å². The van der Waals surface area contributed by atoms with E-state index in [2.05, 4.69) is 5.32 Å². The molecule has 0 aliphatic heterocycles. The van der Waals surface area contributed by atoms with E-state index in [1.54, 1.807) is 0 Å². The monoisotopic (exact) mass is 222 g/mol. The number of hydrogen-bond acceptors (Lipinski definition) is 3. The van der Waals surface area contributed by atoms with Gasteiger partial charge in [0.25, 0.3) is 0 Å². The Morgan fingerprint density at radius 3 is 2.56 bits per heavy atom. The van der Waals surface area contributed by atoms with Crippen LogP contribution < -0.4 is 11.1 Å². The molecule has 0 fully saturated rings. The number of nitrogens with two attached hydrogens (primary N) is 1. The van der Waals surface area contributed by atoms with Crippen LogP contribution in [0.5, 0.6) is 0 Å². The highest BCUT2D eigenvalue weighted by molar-refractivity contribution is 5.77. The summed E-state index contributed by atoms with van der Waals surface area (Å²) in [5.41, 5.74) is 7.28. The Morgan fingerprint density at radius 2 is 2.00 bits per heavy atom. The second kappa shape index (κ2) is 6.12. The van der Waals surface area contributed by atoms with Crippen LogP contribution in [0, 0.1) is 0 Å². The number of amides is 1. The molecule has 0 bridgehead atoms. The lowest BCUT2D eigenvalue weighted by atomic mass is 10.2. The van der Waals surface area contributed by atoms with Gasteiger partial charge in [0.1, 0.15) is 6.61 Å². The third-order valence-corrected chi connectivity index (χ3v) is 1.93. The summed E-state index contributed by atoms with van der Waals surface area (Å²) < 4.78 is 5.27. The van der Waals surface area contributed by atoms with Crippen LogP contribution in [0.4, 0.5) is 5.69 Å². The van der Waals surface area contributed by atoms with Gasteiger partial charge in [-0.05, 0) is 31.5 Å². The highest BCUT2D eigenvalue weighted by Gasteiger charge is 2.02. The van der Waals surface area contributed by atoms with Gasteiger partial charge >= 0.3 is 0 Å². The lowest BCUT2D eigenvalue weighted by Crippen LogP contribution is -2.33. The van der Waals surface area contributed by atoms with Gasteiger partial charge < -0.3 is 15.8 Å². The molecule has 16 heavy (non-hydrogen) atoms. The molecule has 1 aromatic carbocycles. The van der Waals surface area contributed by atoms with Crippen molar-refractivity contribution in [3.05, 3.63) is 29.8 Å². The van der Waals surface area contributed by atoms with Gasteiger partial charge in [-0.15, -0.1) is 0 Å². The largest absolute Gasteiger partial charge is 0.399 e. The maximum atomic E-state index is 11.2. The number of nitrogen functional groups attached to an aromatic ring is 1. The van der Waals surface area contributed by atoms with E-state index in [0.717, 1.165) is 11.3 Å². The summed E-state index contributed by atoms with van der Waals surface area (Å²) in [6.07, 6.45) is 0. The number of hydrogen-bond donors (Lipinski definition) is 2. The fourth-order valence-electron chi connectivity index (χ4n) is 1.24. The van der Waals surface area contributed by atoms with E-state index >= 15 is 0 Å². The lowest BCUT2D eigenvalue weighted by molar-refractivity contribution is -0.126. The molecule has 4 heteroatoms. The molecular formula is C12H18N2O2. The molecule has 0 aliphatic rings. The molecule has 4 nitrogen and oxygen atoms in total. The first kappa shape index (κ1) is 12.5. The fraction of sp³-hybridized carbons (Fsp3) is 0.417. The normalized spacial score (nSPS) is 10.4. The Balaban J connectivity index is 2.25.